The SMILES string of the molecule is Cc1ccccc1N(CC(=O)N(Cc1c(Cl)cccc1Cl)[C@H](C)C(=O)NC1CCCC1)S(C)(=O)=O. The van der Waals surface area contributed by atoms with Gasteiger partial charge in [-0.05, 0) is 50.5 Å². The predicted molar refractivity (Wildman–Crippen MR) is 140 cm³/mol. The second-order valence-corrected chi connectivity index (χ2v) is 11.7. The Morgan fingerprint density at radius 1 is 1.06 bits per heavy atom. The number of anilines is 1. The van der Waals surface area contributed by atoms with E-state index >= 15 is 0 Å². The number of aryl methyl sites for hydroxylation is 1. The lowest BCUT2D eigenvalue weighted by atomic mass is 10.1. The summed E-state index contributed by atoms with van der Waals surface area (Å²) in [7, 11) is -3.79. The first-order valence-corrected chi connectivity index (χ1v) is 14.2. The lowest BCUT2D eigenvalue weighted by Crippen LogP contribution is -2.52. The lowest BCUT2D eigenvalue weighted by molar-refractivity contribution is -0.139. The highest BCUT2D eigenvalue weighted by Gasteiger charge is 2.32. The molecule has 1 fully saturated rings. The van der Waals surface area contributed by atoms with Crippen LogP contribution in [0.3, 0.4) is 0 Å². The maximum atomic E-state index is 13.6. The molecule has 3 rings (SSSR count). The van der Waals surface area contributed by atoms with Crippen LogP contribution in [0.2, 0.25) is 10.0 Å². The zero-order valence-corrected chi connectivity index (χ0v) is 22.5. The van der Waals surface area contributed by atoms with Gasteiger partial charge in [-0.3, -0.25) is 13.9 Å². The molecule has 2 aromatic carbocycles. The van der Waals surface area contributed by atoms with Crippen LogP contribution >= 0.6 is 23.2 Å². The van der Waals surface area contributed by atoms with Crippen molar-refractivity contribution in [3.05, 3.63) is 63.6 Å². The number of nitrogens with one attached hydrogen (secondary N) is 1. The molecule has 7 nitrogen and oxygen atoms in total. The summed E-state index contributed by atoms with van der Waals surface area (Å²) >= 11 is 12.7. The zero-order chi connectivity index (χ0) is 25.8. The summed E-state index contributed by atoms with van der Waals surface area (Å²) in [4.78, 5) is 28.1. The number of halogens is 2. The quantitative estimate of drug-likeness (QED) is 0.506. The van der Waals surface area contributed by atoms with E-state index in [9.17, 15) is 18.0 Å². The molecule has 0 saturated heterocycles. The number of carbonyl (C=O) groups excluding carboxylic acids is 2. The van der Waals surface area contributed by atoms with Gasteiger partial charge in [0.05, 0.1) is 11.9 Å². The minimum atomic E-state index is -3.79. The van der Waals surface area contributed by atoms with Gasteiger partial charge >= 0.3 is 0 Å². The van der Waals surface area contributed by atoms with Crippen LogP contribution in [-0.4, -0.2) is 50.0 Å². The number of hydrogen-bond acceptors (Lipinski definition) is 4. The monoisotopic (exact) mass is 539 g/mol. The highest BCUT2D eigenvalue weighted by atomic mass is 35.5. The molecule has 1 aliphatic rings. The molecule has 0 unspecified atom stereocenters. The predicted octanol–water partition coefficient (Wildman–Crippen LogP) is 4.54. The number of para-hydroxylation sites is 1. The van der Waals surface area contributed by atoms with Crippen molar-refractivity contribution in [2.24, 2.45) is 0 Å². The molecule has 0 heterocycles. The molecule has 1 aliphatic carbocycles. The molecular formula is C25H31Cl2N3O4S. The third-order valence-electron chi connectivity index (χ3n) is 6.32. The zero-order valence-electron chi connectivity index (χ0n) is 20.1. The van der Waals surface area contributed by atoms with Crippen molar-refractivity contribution in [3.8, 4) is 0 Å². The highest BCUT2D eigenvalue weighted by molar-refractivity contribution is 7.92. The Labute approximate surface area is 217 Å². The van der Waals surface area contributed by atoms with Crippen molar-refractivity contribution in [1.82, 2.24) is 10.2 Å². The molecular weight excluding hydrogens is 509 g/mol. The van der Waals surface area contributed by atoms with Gasteiger partial charge in [-0.1, -0.05) is 60.3 Å². The van der Waals surface area contributed by atoms with Gasteiger partial charge in [0, 0.05) is 28.2 Å². The van der Waals surface area contributed by atoms with E-state index in [0.29, 0.717) is 26.9 Å². The summed E-state index contributed by atoms with van der Waals surface area (Å²) in [5, 5.41) is 3.74. The molecule has 1 atom stereocenters. The molecule has 0 aromatic heterocycles. The topological polar surface area (TPSA) is 86.8 Å². The van der Waals surface area contributed by atoms with Crippen LogP contribution in [0.15, 0.2) is 42.5 Å². The Morgan fingerprint density at radius 2 is 1.66 bits per heavy atom. The molecule has 2 aromatic rings. The fourth-order valence-corrected chi connectivity index (χ4v) is 5.69. The summed E-state index contributed by atoms with van der Waals surface area (Å²) < 4.78 is 26.4. The fourth-order valence-electron chi connectivity index (χ4n) is 4.27. The third-order valence-corrected chi connectivity index (χ3v) is 8.16. The molecule has 0 spiro atoms. The molecule has 190 valence electrons. The maximum Gasteiger partial charge on any atom is 0.244 e. The molecule has 35 heavy (non-hydrogen) atoms. The molecule has 0 radical (unpaired) electrons. The summed E-state index contributed by atoms with van der Waals surface area (Å²) in [6, 6.07) is 11.1. The Hall–Kier alpha value is -2.29. The summed E-state index contributed by atoms with van der Waals surface area (Å²) in [5.74, 6) is -0.834. The van der Waals surface area contributed by atoms with Crippen LogP contribution in [0.5, 0.6) is 0 Å². The average Bonchev–Trinajstić information content (AvgIpc) is 3.29. The molecule has 1 N–H and O–H groups in total. The van der Waals surface area contributed by atoms with Gasteiger partial charge in [-0.15, -0.1) is 0 Å². The first-order chi connectivity index (χ1) is 16.5. The van der Waals surface area contributed by atoms with E-state index in [4.69, 9.17) is 23.2 Å². The summed E-state index contributed by atoms with van der Waals surface area (Å²) in [5.41, 5.74) is 1.60. The second-order valence-electron chi connectivity index (χ2n) is 8.94. The van der Waals surface area contributed by atoms with Gasteiger partial charge in [-0.25, -0.2) is 8.42 Å². The van der Waals surface area contributed by atoms with Crippen molar-refractivity contribution < 1.29 is 18.0 Å². The lowest BCUT2D eigenvalue weighted by Gasteiger charge is -2.32. The van der Waals surface area contributed by atoms with Crippen LogP contribution in [-0.2, 0) is 26.2 Å². The highest BCUT2D eigenvalue weighted by Crippen LogP contribution is 2.28. The first kappa shape index (κ1) is 27.3. The normalized spacial score (nSPS) is 15.0. The Morgan fingerprint density at radius 3 is 2.23 bits per heavy atom. The smallest absolute Gasteiger partial charge is 0.244 e. The molecule has 1 saturated carbocycles. The van der Waals surface area contributed by atoms with E-state index in [0.717, 1.165) is 36.2 Å². The Bertz CT molecular complexity index is 1160. The van der Waals surface area contributed by atoms with Gasteiger partial charge in [0.15, 0.2) is 0 Å². The van der Waals surface area contributed by atoms with Crippen molar-refractivity contribution >= 4 is 50.7 Å². The standard InChI is InChI=1S/C25H31Cl2N3O4S/c1-17-9-4-7-14-23(17)30(35(3,33)34)16-24(31)29(15-20-21(26)12-8-13-22(20)27)18(2)25(32)28-19-10-5-6-11-19/h4,7-9,12-14,18-19H,5-6,10-11,15-16H2,1-3H3,(H,28,32)/t18-/m1/s1. The molecule has 0 aliphatic heterocycles. The number of nitrogens with zero attached hydrogens (tertiary/aromatic N) is 2. The van der Waals surface area contributed by atoms with Gasteiger partial charge in [0.1, 0.15) is 12.6 Å². The fraction of sp³-hybridized carbons (Fsp3) is 0.440. The van der Waals surface area contributed by atoms with Crippen molar-refractivity contribution in [2.45, 2.75) is 58.2 Å². The van der Waals surface area contributed by atoms with E-state index in [1.165, 1.54) is 4.90 Å². The number of carbonyl (C=O) groups is 2. The van der Waals surface area contributed by atoms with Crippen LogP contribution < -0.4 is 9.62 Å². The largest absolute Gasteiger partial charge is 0.352 e. The van der Waals surface area contributed by atoms with Crippen LogP contribution in [0.1, 0.15) is 43.7 Å². The Kier molecular flexibility index (Phi) is 9.07. The maximum absolute atomic E-state index is 13.6. The van der Waals surface area contributed by atoms with Gasteiger partial charge in [0.2, 0.25) is 21.8 Å². The average molecular weight is 541 g/mol. The second kappa shape index (κ2) is 11.6. The van der Waals surface area contributed by atoms with Gasteiger partial charge in [0.25, 0.3) is 0 Å². The number of hydrogen-bond donors (Lipinski definition) is 1. The number of rotatable bonds is 9. The van der Waals surface area contributed by atoms with E-state index in [-0.39, 0.29) is 18.5 Å². The number of benzene rings is 2. The van der Waals surface area contributed by atoms with E-state index in [1.54, 1.807) is 56.3 Å². The molecule has 10 heteroatoms. The minimum absolute atomic E-state index is 0.0397. The number of sulfonamides is 1. The van der Waals surface area contributed by atoms with Crippen LogP contribution in [0, 0.1) is 6.92 Å². The van der Waals surface area contributed by atoms with E-state index in [1.807, 2.05) is 0 Å². The molecule has 2 amide bonds. The molecule has 0 bridgehead atoms. The van der Waals surface area contributed by atoms with Gasteiger partial charge < -0.3 is 10.2 Å². The van der Waals surface area contributed by atoms with Gasteiger partial charge in [-0.2, -0.15) is 0 Å². The summed E-state index contributed by atoms with van der Waals surface area (Å²) in [6.07, 6.45) is 4.96. The van der Waals surface area contributed by atoms with E-state index in [2.05, 4.69) is 5.32 Å². The van der Waals surface area contributed by atoms with Crippen molar-refractivity contribution in [2.75, 3.05) is 17.1 Å². The number of amides is 2. The van der Waals surface area contributed by atoms with Crippen LogP contribution in [0.4, 0.5) is 5.69 Å². The summed E-state index contributed by atoms with van der Waals surface area (Å²) in [6.45, 7) is 2.90. The van der Waals surface area contributed by atoms with E-state index < -0.39 is 28.5 Å². The third kappa shape index (κ3) is 6.90. The first-order valence-electron chi connectivity index (χ1n) is 11.5. The van der Waals surface area contributed by atoms with Crippen molar-refractivity contribution in [3.63, 3.8) is 0 Å². The Balaban J connectivity index is 1.93. The minimum Gasteiger partial charge on any atom is -0.352 e. The van der Waals surface area contributed by atoms with Crippen molar-refractivity contribution in [1.29, 1.82) is 0 Å². The van der Waals surface area contributed by atoms with Crippen LogP contribution in [0.25, 0.3) is 0 Å².